The van der Waals surface area contributed by atoms with E-state index in [1.165, 1.54) is 24.3 Å². The summed E-state index contributed by atoms with van der Waals surface area (Å²) in [6, 6.07) is 7.38. The first-order valence-corrected chi connectivity index (χ1v) is 11.7. The van der Waals surface area contributed by atoms with Gasteiger partial charge in [0.2, 0.25) is 15.8 Å². The molecule has 31 heavy (non-hydrogen) atoms. The van der Waals surface area contributed by atoms with E-state index in [2.05, 4.69) is 4.72 Å². The highest BCUT2D eigenvalue weighted by Crippen LogP contribution is 2.23. The molecule has 1 aromatic heterocycles. The topological polar surface area (TPSA) is 104 Å². The number of ether oxygens (including phenoxy) is 2. The van der Waals surface area contributed by atoms with E-state index in [1.54, 1.807) is 13.2 Å². The van der Waals surface area contributed by atoms with Gasteiger partial charge in [-0.15, -0.1) is 0 Å². The maximum Gasteiger partial charge on any atom is 0.338 e. The van der Waals surface area contributed by atoms with Crippen LogP contribution in [0.1, 0.15) is 51.4 Å². The number of benzene rings is 1. The third-order valence-corrected chi connectivity index (χ3v) is 6.74. The molecule has 1 saturated carbocycles. The number of hydrogen-bond donors (Lipinski definition) is 1. The van der Waals surface area contributed by atoms with Crippen LogP contribution >= 0.6 is 0 Å². The van der Waals surface area contributed by atoms with Crippen molar-refractivity contribution in [2.24, 2.45) is 0 Å². The summed E-state index contributed by atoms with van der Waals surface area (Å²) in [5.41, 5.74) is 2.35. The van der Waals surface area contributed by atoms with Crippen LogP contribution in [0.2, 0.25) is 0 Å². The molecule has 3 rings (SSSR count). The molecule has 0 spiro atoms. The van der Waals surface area contributed by atoms with Gasteiger partial charge in [0.1, 0.15) is 0 Å². The van der Waals surface area contributed by atoms with E-state index < -0.39 is 22.6 Å². The molecule has 1 aromatic carbocycles. The first kappa shape index (κ1) is 23.2. The van der Waals surface area contributed by atoms with Crippen LogP contribution in [0.4, 0.5) is 0 Å². The third kappa shape index (κ3) is 5.81. The summed E-state index contributed by atoms with van der Waals surface area (Å²) < 4.78 is 39.6. The highest BCUT2D eigenvalue weighted by atomic mass is 32.2. The maximum absolute atomic E-state index is 12.6. The molecular formula is C22H28N2O6S. The first-order valence-electron chi connectivity index (χ1n) is 10.2. The average Bonchev–Trinajstić information content (AvgIpc) is 3.50. The number of sulfonamides is 1. The third-order valence-electron chi connectivity index (χ3n) is 5.22. The zero-order valence-electron chi connectivity index (χ0n) is 18.0. The molecule has 8 nitrogen and oxygen atoms in total. The summed E-state index contributed by atoms with van der Waals surface area (Å²) in [7, 11) is -2.03. The lowest BCUT2D eigenvalue weighted by atomic mass is 10.1. The van der Waals surface area contributed by atoms with Crippen LogP contribution in [0.3, 0.4) is 0 Å². The van der Waals surface area contributed by atoms with Crippen molar-refractivity contribution >= 4 is 21.8 Å². The van der Waals surface area contributed by atoms with E-state index in [4.69, 9.17) is 9.47 Å². The molecule has 1 aliphatic carbocycles. The zero-order chi connectivity index (χ0) is 22.6. The van der Waals surface area contributed by atoms with Crippen molar-refractivity contribution in [3.8, 4) is 0 Å². The van der Waals surface area contributed by atoms with Gasteiger partial charge in [0.25, 0.3) is 0 Å². The number of esters is 1. The van der Waals surface area contributed by atoms with Crippen LogP contribution in [0, 0.1) is 13.8 Å². The Hall–Kier alpha value is -2.49. The SMILES string of the molecule is COCCCn1c(C)cc(C(=O)COC(=O)c2cccc(S(=O)(=O)NC3CC3)c2)c1C. The fourth-order valence-electron chi connectivity index (χ4n) is 3.37. The largest absolute Gasteiger partial charge is 0.454 e. The van der Waals surface area contributed by atoms with Crippen molar-refractivity contribution in [3.63, 3.8) is 0 Å². The molecule has 0 bridgehead atoms. The fraction of sp³-hybridized carbons (Fsp3) is 0.455. The molecule has 0 aliphatic heterocycles. The van der Waals surface area contributed by atoms with Crippen LogP contribution in [0.15, 0.2) is 35.2 Å². The predicted octanol–water partition coefficient (Wildman–Crippen LogP) is 2.62. The summed E-state index contributed by atoms with van der Waals surface area (Å²) in [5, 5.41) is 0. The molecule has 9 heteroatoms. The fourth-order valence-corrected chi connectivity index (χ4v) is 4.72. The number of hydrogen-bond acceptors (Lipinski definition) is 6. The molecular weight excluding hydrogens is 420 g/mol. The molecule has 1 heterocycles. The normalized spacial score (nSPS) is 13.9. The van der Waals surface area contributed by atoms with Crippen LogP contribution in [-0.4, -0.2) is 51.1 Å². The lowest BCUT2D eigenvalue weighted by molar-refractivity contribution is 0.0474. The number of aromatic nitrogens is 1. The average molecular weight is 449 g/mol. The van der Waals surface area contributed by atoms with Crippen molar-refractivity contribution < 1.29 is 27.5 Å². The van der Waals surface area contributed by atoms with Crippen molar-refractivity contribution in [2.45, 2.75) is 50.6 Å². The minimum atomic E-state index is -3.68. The second-order valence-corrected chi connectivity index (χ2v) is 9.42. The Kier molecular flexibility index (Phi) is 7.30. The molecule has 1 fully saturated rings. The number of ketones is 1. The molecule has 0 atom stereocenters. The standard InChI is InChI=1S/C22H28N2O6S/c1-15-12-20(16(2)24(15)10-5-11-29-3)21(25)14-30-22(26)17-6-4-7-19(13-17)31(27,28)23-18-8-9-18/h4,6-7,12-13,18,23H,5,8-11,14H2,1-3H3. The van der Waals surface area contributed by atoms with Crippen LogP contribution in [0.5, 0.6) is 0 Å². The van der Waals surface area contributed by atoms with Gasteiger partial charge < -0.3 is 14.0 Å². The quantitative estimate of drug-likeness (QED) is 0.322. The second kappa shape index (κ2) is 9.76. The van der Waals surface area contributed by atoms with E-state index in [0.717, 1.165) is 37.2 Å². The number of methoxy groups -OCH3 is 1. The van der Waals surface area contributed by atoms with Gasteiger partial charge in [-0.1, -0.05) is 6.07 Å². The predicted molar refractivity (Wildman–Crippen MR) is 115 cm³/mol. The van der Waals surface area contributed by atoms with Gasteiger partial charge in [-0.05, 0) is 57.4 Å². The summed E-state index contributed by atoms with van der Waals surface area (Å²) in [5.74, 6) is -1.05. The van der Waals surface area contributed by atoms with Crippen molar-refractivity contribution in [2.75, 3.05) is 20.3 Å². The minimum Gasteiger partial charge on any atom is -0.454 e. The summed E-state index contributed by atoms with van der Waals surface area (Å²) in [6.45, 7) is 4.72. The van der Waals surface area contributed by atoms with Gasteiger partial charge in [0.05, 0.1) is 10.5 Å². The lowest BCUT2D eigenvalue weighted by Crippen LogP contribution is -2.26. The van der Waals surface area contributed by atoms with Crippen LogP contribution in [-0.2, 0) is 26.0 Å². The maximum atomic E-state index is 12.6. The van der Waals surface area contributed by atoms with Gasteiger partial charge in [-0.25, -0.2) is 17.9 Å². The lowest BCUT2D eigenvalue weighted by Gasteiger charge is -2.10. The second-order valence-electron chi connectivity index (χ2n) is 7.71. The molecule has 0 unspecified atom stereocenters. The molecule has 0 amide bonds. The van der Waals surface area contributed by atoms with Crippen LogP contribution in [0.25, 0.3) is 0 Å². The Bertz CT molecular complexity index is 1070. The number of carbonyl (C=O) groups is 2. The van der Waals surface area contributed by atoms with E-state index in [1.807, 2.05) is 18.4 Å². The highest BCUT2D eigenvalue weighted by molar-refractivity contribution is 7.89. The first-order chi connectivity index (χ1) is 14.7. The Morgan fingerprint density at radius 2 is 1.94 bits per heavy atom. The molecule has 0 saturated heterocycles. The van der Waals surface area contributed by atoms with Crippen LogP contribution < -0.4 is 4.72 Å². The Morgan fingerprint density at radius 3 is 2.61 bits per heavy atom. The number of aryl methyl sites for hydroxylation is 1. The monoisotopic (exact) mass is 448 g/mol. The highest BCUT2D eigenvalue weighted by Gasteiger charge is 2.28. The Morgan fingerprint density at radius 1 is 1.19 bits per heavy atom. The minimum absolute atomic E-state index is 0.000203. The molecule has 2 aromatic rings. The van der Waals surface area contributed by atoms with Gasteiger partial charge in [-0.3, -0.25) is 4.79 Å². The molecule has 1 N–H and O–H groups in total. The Balaban J connectivity index is 1.64. The number of nitrogens with zero attached hydrogens (tertiary/aromatic N) is 1. The zero-order valence-corrected chi connectivity index (χ0v) is 18.8. The van der Waals surface area contributed by atoms with E-state index in [0.29, 0.717) is 12.2 Å². The van der Waals surface area contributed by atoms with Gasteiger partial charge >= 0.3 is 5.97 Å². The summed E-state index contributed by atoms with van der Waals surface area (Å²) in [6.07, 6.45) is 2.45. The summed E-state index contributed by atoms with van der Waals surface area (Å²) in [4.78, 5) is 25.0. The number of carbonyl (C=O) groups excluding carboxylic acids is 2. The number of Topliss-reactive ketones (excluding diaryl/α,β-unsaturated/α-hetero) is 1. The van der Waals surface area contributed by atoms with E-state index in [-0.39, 0.29) is 22.3 Å². The molecule has 168 valence electrons. The van der Waals surface area contributed by atoms with Crippen molar-refractivity contribution in [1.29, 1.82) is 0 Å². The van der Waals surface area contributed by atoms with Gasteiger partial charge in [0, 0.05) is 43.3 Å². The smallest absolute Gasteiger partial charge is 0.338 e. The van der Waals surface area contributed by atoms with E-state index in [9.17, 15) is 18.0 Å². The summed E-state index contributed by atoms with van der Waals surface area (Å²) >= 11 is 0. The van der Waals surface area contributed by atoms with Gasteiger partial charge in [0.15, 0.2) is 6.61 Å². The molecule has 0 radical (unpaired) electrons. The van der Waals surface area contributed by atoms with Crippen molar-refractivity contribution in [1.82, 2.24) is 9.29 Å². The number of nitrogens with one attached hydrogen (secondary N) is 1. The number of rotatable bonds is 11. The molecule has 1 aliphatic rings. The van der Waals surface area contributed by atoms with Crippen molar-refractivity contribution in [3.05, 3.63) is 52.8 Å². The Labute approximate surface area is 182 Å². The van der Waals surface area contributed by atoms with Gasteiger partial charge in [-0.2, -0.15) is 0 Å². The van der Waals surface area contributed by atoms with E-state index >= 15 is 0 Å².